The van der Waals surface area contributed by atoms with Crippen LogP contribution in [0.15, 0.2) is 23.3 Å². The Labute approximate surface area is 346 Å². The molecule has 7 fully saturated rings. The average Bonchev–Trinajstić information content (AvgIpc) is 3.68. The summed E-state index contributed by atoms with van der Waals surface area (Å²) in [5.74, 6) is -1.33. The number of Topliss-reactive ketones (excluding diaryl/α,β-unsaturated/α-hetero) is 2. The fourth-order valence-corrected chi connectivity index (χ4v) is 16.0. The first-order valence-electron chi connectivity index (χ1n) is 21.4. The molecule has 15 atom stereocenters. The minimum atomic E-state index is -1.86. The van der Waals surface area contributed by atoms with Gasteiger partial charge in [-0.15, -0.1) is 11.6 Å². The highest BCUT2D eigenvalue weighted by molar-refractivity contribution is 7.81. The maximum Gasteiger partial charge on any atom is 0.182 e. The third-order valence-corrected chi connectivity index (χ3v) is 18.8. The van der Waals surface area contributed by atoms with Gasteiger partial charge < -0.3 is 24.8 Å². The van der Waals surface area contributed by atoms with Crippen LogP contribution in [0.1, 0.15) is 125 Å². The van der Waals surface area contributed by atoms with E-state index in [9.17, 15) is 34.5 Å². The van der Waals surface area contributed by atoms with Gasteiger partial charge >= 0.3 is 0 Å². The van der Waals surface area contributed by atoms with E-state index in [4.69, 9.17) is 21.1 Å². The summed E-state index contributed by atoms with van der Waals surface area (Å²) in [7, 11) is 0. The van der Waals surface area contributed by atoms with Crippen LogP contribution in [0, 0.1) is 51.2 Å². The number of allylic oxidation sites excluding steroid dienone is 2. The highest BCUT2D eigenvalue weighted by atomic mass is 35.5. The number of aliphatic hydroxyl groups excluding tert-OH is 2. The largest absolute Gasteiger partial charge is 0.393 e. The molecule has 8 aliphatic carbocycles. The Morgan fingerprint density at radius 1 is 0.842 bits per heavy atom. The number of rotatable bonds is 4. The number of ketones is 4. The van der Waals surface area contributed by atoms with Crippen molar-refractivity contribution >= 4 is 47.4 Å². The summed E-state index contributed by atoms with van der Waals surface area (Å²) in [6.07, 6.45) is 8.49. The molecule has 0 spiro atoms. The standard InChI is InChI=1S/C24H32ClFO5.C21H30O4S/c1-20(2)30-19-10-16-15-6-5-13-9-14(27)7-8-21(13,3)23(15,26)17(28)11-22(16,4)24(19,31-20)18(29)12-25;1-19-7-5-13(22)9-12(19)3-4-14-15-6-8-21(25,17(24)11-26)20(15,2)10-16(23)18(14)19/h9,15-17,19,28H,5-8,10-12H2,1-4H3;9,14-16,18,23,25-26H,3-8,10-11H2,1-2H3/t15-,16-,17-,19+,21-,22-,23-,24+;14-,15-,16-,18+,19-,20-,21-/m00/s1. The molecule has 3 N–H and O–H groups in total. The molecule has 57 heavy (non-hydrogen) atoms. The minimum absolute atomic E-state index is 0.0374. The molecule has 0 bridgehead atoms. The van der Waals surface area contributed by atoms with E-state index in [1.165, 1.54) is 5.57 Å². The van der Waals surface area contributed by atoms with Gasteiger partial charge in [-0.25, -0.2) is 4.39 Å². The van der Waals surface area contributed by atoms with Crippen molar-refractivity contribution in [3.63, 3.8) is 0 Å². The molecule has 0 aromatic carbocycles. The molecule has 1 heterocycles. The number of ether oxygens (including phenoxy) is 2. The van der Waals surface area contributed by atoms with E-state index in [0.29, 0.717) is 57.3 Å². The first-order valence-corrected chi connectivity index (χ1v) is 22.6. The maximum absolute atomic E-state index is 17.2. The fraction of sp³-hybridized carbons (Fsp3) is 0.822. The van der Waals surface area contributed by atoms with Crippen LogP contribution >= 0.6 is 24.2 Å². The number of carbonyl (C=O) groups is 4. The van der Waals surface area contributed by atoms with Crippen molar-refractivity contribution in [3.8, 4) is 0 Å². The molecule has 9 aliphatic rings. The molecule has 316 valence electrons. The van der Waals surface area contributed by atoms with Gasteiger partial charge in [0.25, 0.3) is 0 Å². The molecule has 9 rings (SSSR count). The van der Waals surface area contributed by atoms with Crippen LogP contribution in [0.2, 0.25) is 0 Å². The van der Waals surface area contributed by atoms with Gasteiger partial charge in [0.05, 0.1) is 29.9 Å². The lowest BCUT2D eigenvalue weighted by molar-refractivity contribution is -0.250. The number of aliphatic hydroxyl groups is 3. The average molecular weight is 834 g/mol. The second kappa shape index (κ2) is 13.5. The van der Waals surface area contributed by atoms with E-state index >= 15 is 4.39 Å². The van der Waals surface area contributed by atoms with Gasteiger partial charge in [-0.05, 0) is 126 Å². The molecular formula is C45H62ClFO9S. The lowest BCUT2D eigenvalue weighted by Gasteiger charge is -2.63. The van der Waals surface area contributed by atoms with E-state index in [2.05, 4.69) is 19.6 Å². The van der Waals surface area contributed by atoms with E-state index in [-0.39, 0.29) is 64.4 Å². The summed E-state index contributed by atoms with van der Waals surface area (Å²) in [6.45, 7) is 11.6. The summed E-state index contributed by atoms with van der Waals surface area (Å²) < 4.78 is 29.7. The van der Waals surface area contributed by atoms with E-state index in [0.717, 1.165) is 31.3 Å². The number of hydrogen-bond donors (Lipinski definition) is 4. The normalized spacial score (nSPS) is 51.6. The molecule has 0 unspecified atom stereocenters. The first kappa shape index (κ1) is 42.2. The minimum Gasteiger partial charge on any atom is -0.393 e. The van der Waals surface area contributed by atoms with Crippen molar-refractivity contribution in [2.75, 3.05) is 11.6 Å². The van der Waals surface area contributed by atoms with Crippen molar-refractivity contribution < 1.29 is 48.4 Å². The number of thiol groups is 1. The lowest BCUT2D eigenvalue weighted by Crippen LogP contribution is -2.70. The van der Waals surface area contributed by atoms with E-state index in [1.54, 1.807) is 19.9 Å². The van der Waals surface area contributed by atoms with Gasteiger partial charge in [-0.3, -0.25) is 19.2 Å². The SMILES string of the molecule is CC1(C)O[C@@H]2C[C@H]3[C@@H]4CCC5=CC(=O)CC[C@]5(C)[C@@]4(F)[C@@H](O)C[C@]3(C)[C@]2(C(=O)CCl)O1.C[C@]12CCC(=O)C=C1CC[C@@H]1[C@@H]2[C@@H](O)C[C@@]2(C)[C@H]1CC[C@]2(O)C(=O)CS. The first-order chi connectivity index (χ1) is 26.5. The van der Waals surface area contributed by atoms with Gasteiger partial charge in [-0.1, -0.05) is 38.8 Å². The summed E-state index contributed by atoms with van der Waals surface area (Å²) in [6, 6.07) is 0. The number of alkyl halides is 2. The zero-order chi connectivity index (χ0) is 41.5. The Hall–Kier alpha value is -1.47. The Morgan fingerprint density at radius 3 is 2.16 bits per heavy atom. The second-order valence-corrected chi connectivity index (χ2v) is 21.4. The maximum atomic E-state index is 17.2. The molecule has 1 aliphatic heterocycles. The Kier molecular flexibility index (Phi) is 10.0. The third-order valence-electron chi connectivity index (χ3n) is 18.2. The molecule has 1 saturated heterocycles. The van der Waals surface area contributed by atoms with Crippen LogP contribution in [0.5, 0.6) is 0 Å². The summed E-state index contributed by atoms with van der Waals surface area (Å²) in [5, 5.41) is 33.9. The monoisotopic (exact) mass is 832 g/mol. The Balaban J connectivity index is 0.000000162. The van der Waals surface area contributed by atoms with Crippen molar-refractivity contribution in [1.29, 1.82) is 0 Å². The van der Waals surface area contributed by atoms with E-state index < -0.39 is 63.1 Å². The van der Waals surface area contributed by atoms with Crippen LogP contribution in [0.3, 0.4) is 0 Å². The van der Waals surface area contributed by atoms with Crippen LogP contribution in [-0.4, -0.2) is 91.1 Å². The van der Waals surface area contributed by atoms with Crippen LogP contribution < -0.4 is 0 Å². The van der Waals surface area contributed by atoms with Crippen molar-refractivity contribution in [2.45, 2.75) is 166 Å². The third kappa shape index (κ3) is 5.43. The fourth-order valence-electron chi connectivity index (χ4n) is 15.5. The number of fused-ring (bicyclic) bond motifs is 12. The molecule has 9 nitrogen and oxygen atoms in total. The van der Waals surface area contributed by atoms with Crippen LogP contribution in [-0.2, 0) is 28.7 Å². The molecule has 0 aromatic heterocycles. The second-order valence-electron chi connectivity index (χ2n) is 20.8. The van der Waals surface area contributed by atoms with Crippen LogP contribution in [0.25, 0.3) is 0 Å². The molecule has 0 radical (unpaired) electrons. The molecule has 0 amide bonds. The summed E-state index contributed by atoms with van der Waals surface area (Å²) in [5.41, 5.74) is -4.88. The Bertz CT molecular complexity index is 1830. The predicted octanol–water partition coefficient (Wildman–Crippen LogP) is 6.61. The lowest BCUT2D eigenvalue weighted by atomic mass is 9.44. The molecular weight excluding hydrogens is 771 g/mol. The molecule has 0 aromatic rings. The van der Waals surface area contributed by atoms with Crippen LogP contribution in [0.4, 0.5) is 4.39 Å². The Morgan fingerprint density at radius 2 is 1.49 bits per heavy atom. The summed E-state index contributed by atoms with van der Waals surface area (Å²) >= 11 is 10.2. The number of hydrogen-bond acceptors (Lipinski definition) is 10. The molecule has 12 heteroatoms. The highest BCUT2D eigenvalue weighted by Crippen LogP contribution is 2.73. The smallest absolute Gasteiger partial charge is 0.182 e. The van der Waals surface area contributed by atoms with Gasteiger partial charge in [-0.2, -0.15) is 12.6 Å². The zero-order valence-corrected chi connectivity index (χ0v) is 36.0. The quantitative estimate of drug-likeness (QED) is 0.182. The molecule has 6 saturated carbocycles. The van der Waals surface area contributed by atoms with Crippen molar-refractivity contribution in [3.05, 3.63) is 23.3 Å². The van der Waals surface area contributed by atoms with E-state index in [1.807, 2.05) is 26.8 Å². The van der Waals surface area contributed by atoms with Gasteiger partial charge in [0.15, 0.2) is 34.5 Å². The van der Waals surface area contributed by atoms with Crippen molar-refractivity contribution in [2.24, 2.45) is 51.2 Å². The van der Waals surface area contributed by atoms with Gasteiger partial charge in [0.1, 0.15) is 11.3 Å². The van der Waals surface area contributed by atoms with Gasteiger partial charge in [0.2, 0.25) is 0 Å². The van der Waals surface area contributed by atoms with Gasteiger partial charge in [0, 0.05) is 35.0 Å². The number of carbonyl (C=O) groups excluding carboxylic acids is 4. The zero-order valence-electron chi connectivity index (χ0n) is 34.4. The highest BCUT2D eigenvalue weighted by Gasteiger charge is 2.80. The summed E-state index contributed by atoms with van der Waals surface area (Å²) in [4.78, 5) is 49.8. The topological polar surface area (TPSA) is 147 Å². The van der Waals surface area contributed by atoms with Crippen molar-refractivity contribution in [1.82, 2.24) is 0 Å². The number of halogens is 2. The predicted molar refractivity (Wildman–Crippen MR) is 214 cm³/mol.